The number of amides is 6. The maximum absolute atomic E-state index is 13.5. The van der Waals surface area contributed by atoms with Gasteiger partial charge in [0.2, 0.25) is 17.7 Å². The molecule has 2 fully saturated rings. The number of nitrogens with one attached hydrogen (secondary N) is 3. The summed E-state index contributed by atoms with van der Waals surface area (Å²) in [6.07, 6.45) is 4.28. The zero-order valence-corrected chi connectivity index (χ0v) is 30.2. The highest BCUT2D eigenvalue weighted by atomic mass is 35.5. The first-order valence-corrected chi connectivity index (χ1v) is 18.7. The highest BCUT2D eigenvalue weighted by molar-refractivity contribution is 6.32. The fourth-order valence-corrected chi connectivity index (χ4v) is 8.55. The van der Waals surface area contributed by atoms with E-state index in [4.69, 9.17) is 16.9 Å². The molecule has 0 aromatic heterocycles. The first kappa shape index (κ1) is 35.4. The van der Waals surface area contributed by atoms with Crippen molar-refractivity contribution in [2.24, 2.45) is 0 Å². The molecular weight excluding hydrogens is 710 g/mol. The van der Waals surface area contributed by atoms with Crippen LogP contribution in [-0.2, 0) is 40.4 Å². The third-order valence-corrected chi connectivity index (χ3v) is 11.6. The van der Waals surface area contributed by atoms with Gasteiger partial charge in [-0.05, 0) is 103 Å². The zero-order chi connectivity index (χ0) is 37.7. The molecule has 4 heterocycles. The van der Waals surface area contributed by atoms with E-state index in [1.165, 1.54) is 0 Å². The second-order valence-electron chi connectivity index (χ2n) is 14.8. The van der Waals surface area contributed by atoms with Crippen molar-refractivity contribution in [2.45, 2.75) is 82.7 Å². The molecule has 13 nitrogen and oxygen atoms in total. The van der Waals surface area contributed by atoms with Crippen LogP contribution in [0.15, 0.2) is 48.5 Å². The fraction of sp³-hybridized carbons (Fsp3) is 0.375. The lowest BCUT2D eigenvalue weighted by molar-refractivity contribution is -0.136. The average Bonchev–Trinajstić information content (AvgIpc) is 3.66. The molecule has 3 N–H and O–H groups in total. The molecule has 0 radical (unpaired) electrons. The Morgan fingerprint density at radius 1 is 0.815 bits per heavy atom. The number of nitrogens with zero attached hydrogens (tertiary/aromatic N) is 4. The van der Waals surface area contributed by atoms with Crippen LogP contribution in [-0.4, -0.2) is 81.4 Å². The van der Waals surface area contributed by atoms with Gasteiger partial charge >= 0.3 is 0 Å². The van der Waals surface area contributed by atoms with E-state index in [1.54, 1.807) is 24.3 Å². The number of nitriles is 1. The van der Waals surface area contributed by atoms with Gasteiger partial charge in [-0.25, -0.2) is 0 Å². The molecule has 0 bridgehead atoms. The molecule has 276 valence electrons. The molecule has 4 aliphatic heterocycles. The Hall–Kier alpha value is -5.58. The Morgan fingerprint density at radius 2 is 1.52 bits per heavy atom. The van der Waals surface area contributed by atoms with Crippen molar-refractivity contribution < 1.29 is 28.8 Å². The van der Waals surface area contributed by atoms with Crippen LogP contribution in [0.25, 0.3) is 0 Å². The van der Waals surface area contributed by atoms with Crippen LogP contribution >= 0.6 is 11.6 Å². The van der Waals surface area contributed by atoms with E-state index in [1.807, 2.05) is 34.1 Å². The van der Waals surface area contributed by atoms with Crippen molar-refractivity contribution in [3.05, 3.63) is 98.1 Å². The quantitative estimate of drug-likeness (QED) is 0.305. The second-order valence-corrected chi connectivity index (χ2v) is 15.2. The van der Waals surface area contributed by atoms with Crippen molar-refractivity contribution in [3.8, 4) is 6.07 Å². The molecule has 3 aromatic carbocycles. The topological polar surface area (TPSA) is 172 Å². The van der Waals surface area contributed by atoms with Crippen LogP contribution in [0.1, 0.15) is 97.4 Å². The smallest absolute Gasteiger partial charge is 0.262 e. The maximum atomic E-state index is 13.5. The van der Waals surface area contributed by atoms with E-state index in [9.17, 15) is 28.8 Å². The molecule has 5 aliphatic rings. The van der Waals surface area contributed by atoms with Crippen LogP contribution in [0.3, 0.4) is 0 Å². The second kappa shape index (κ2) is 14.3. The Labute approximate surface area is 316 Å². The number of halogens is 1. The minimum Gasteiger partial charge on any atom is -0.382 e. The molecule has 3 aromatic rings. The monoisotopic (exact) mass is 747 g/mol. The molecule has 8 rings (SSSR count). The maximum Gasteiger partial charge on any atom is 0.262 e. The summed E-state index contributed by atoms with van der Waals surface area (Å²) in [5.74, 6) is -2.27. The van der Waals surface area contributed by atoms with E-state index in [0.717, 1.165) is 58.5 Å². The van der Waals surface area contributed by atoms with Crippen LogP contribution < -0.4 is 16.0 Å². The van der Waals surface area contributed by atoms with Crippen LogP contribution in [0, 0.1) is 11.3 Å². The van der Waals surface area contributed by atoms with Gasteiger partial charge in [0.1, 0.15) is 12.1 Å². The van der Waals surface area contributed by atoms with Crippen LogP contribution in [0.4, 0.5) is 5.69 Å². The zero-order valence-electron chi connectivity index (χ0n) is 29.5. The summed E-state index contributed by atoms with van der Waals surface area (Å²) in [6.45, 7) is 2.06. The summed E-state index contributed by atoms with van der Waals surface area (Å²) in [5.41, 5.74) is 6.21. The third-order valence-electron chi connectivity index (χ3n) is 11.3. The summed E-state index contributed by atoms with van der Waals surface area (Å²) in [4.78, 5) is 82.0. The molecule has 1 atom stereocenters. The van der Waals surface area contributed by atoms with E-state index in [0.29, 0.717) is 48.7 Å². The third kappa shape index (κ3) is 6.83. The number of carbonyl (C=O) groups excluding carboxylic acids is 6. The van der Waals surface area contributed by atoms with E-state index < -0.39 is 29.7 Å². The molecule has 1 saturated heterocycles. The van der Waals surface area contributed by atoms with Crippen molar-refractivity contribution in [3.63, 3.8) is 0 Å². The van der Waals surface area contributed by atoms with Crippen molar-refractivity contribution in [2.75, 3.05) is 18.4 Å². The van der Waals surface area contributed by atoms with E-state index in [2.05, 4.69) is 22.0 Å². The number of anilines is 1. The van der Waals surface area contributed by atoms with Crippen LogP contribution in [0.5, 0.6) is 0 Å². The van der Waals surface area contributed by atoms with Gasteiger partial charge in [-0.2, -0.15) is 5.26 Å². The van der Waals surface area contributed by atoms with Gasteiger partial charge in [0, 0.05) is 55.9 Å². The number of rotatable bonds is 7. The molecule has 1 aliphatic carbocycles. The Balaban J connectivity index is 0.819. The lowest BCUT2D eigenvalue weighted by Gasteiger charge is -2.31. The van der Waals surface area contributed by atoms with Gasteiger partial charge in [-0.3, -0.25) is 43.9 Å². The van der Waals surface area contributed by atoms with Crippen molar-refractivity contribution in [1.29, 1.82) is 5.26 Å². The van der Waals surface area contributed by atoms with E-state index in [-0.39, 0.29) is 54.4 Å². The fourth-order valence-electron chi connectivity index (χ4n) is 8.33. The minimum atomic E-state index is -1.01. The summed E-state index contributed by atoms with van der Waals surface area (Å²) >= 11 is 6.18. The molecule has 14 heteroatoms. The van der Waals surface area contributed by atoms with Crippen molar-refractivity contribution in [1.82, 2.24) is 25.3 Å². The van der Waals surface area contributed by atoms with Gasteiger partial charge in [0.25, 0.3) is 17.7 Å². The highest BCUT2D eigenvalue weighted by Gasteiger charge is 2.45. The highest BCUT2D eigenvalue weighted by Crippen LogP contribution is 2.34. The SMILES string of the molecule is N#Cc1ccc(NC2CCC(NC(=O)c3ccc4c(c3)CCN(C(=O)CN3Cc5cc6c(cc5C3)C(=O)N(C3CCC(=O)NC3=O)C6=O)C4)CC2)cc1Cl. The summed E-state index contributed by atoms with van der Waals surface area (Å²) in [6, 6.07) is 15.8. The Kier molecular flexibility index (Phi) is 9.41. The average molecular weight is 748 g/mol. The lowest BCUT2D eigenvalue weighted by atomic mass is 9.90. The molecule has 1 unspecified atom stereocenters. The van der Waals surface area contributed by atoms with Gasteiger partial charge in [0.15, 0.2) is 0 Å². The van der Waals surface area contributed by atoms with E-state index >= 15 is 0 Å². The normalized spacial score (nSPS) is 22.3. The van der Waals surface area contributed by atoms with Gasteiger partial charge in [0.05, 0.1) is 28.3 Å². The van der Waals surface area contributed by atoms with Crippen LogP contribution in [0.2, 0.25) is 5.02 Å². The van der Waals surface area contributed by atoms with Gasteiger partial charge in [-0.15, -0.1) is 0 Å². The molecule has 1 saturated carbocycles. The first-order chi connectivity index (χ1) is 26.0. The van der Waals surface area contributed by atoms with Crippen molar-refractivity contribution >= 4 is 52.7 Å². The standard InChI is InChI=1S/C40H38ClN7O6/c41-33-16-30(4-3-24(33)17-42)43-28-5-7-29(8-6-28)44-37(51)23-1-2-25-20-47(12-11-22(25)13-23)36(50)21-46-18-26-14-31-32(15-27(26)19-46)40(54)48(39(31)53)34-9-10-35(49)45-38(34)52/h1-4,13-16,28-29,34,43H,5-12,18-21H2,(H,44,51)(H,45,49,52). The minimum absolute atomic E-state index is 0.0219. The van der Waals surface area contributed by atoms with Gasteiger partial charge in [-0.1, -0.05) is 17.7 Å². The molecular formula is C40H38ClN7O6. The number of fused-ring (bicyclic) bond motifs is 3. The first-order valence-electron chi connectivity index (χ1n) is 18.3. The number of imide groups is 2. The Morgan fingerprint density at radius 3 is 2.19 bits per heavy atom. The molecule has 6 amide bonds. The predicted molar refractivity (Wildman–Crippen MR) is 196 cm³/mol. The largest absolute Gasteiger partial charge is 0.382 e. The number of piperidine rings is 1. The molecule has 54 heavy (non-hydrogen) atoms. The lowest BCUT2D eigenvalue weighted by Crippen LogP contribution is -2.54. The number of hydrogen-bond donors (Lipinski definition) is 3. The van der Waals surface area contributed by atoms with Gasteiger partial charge < -0.3 is 15.5 Å². The Bertz CT molecular complexity index is 2130. The summed E-state index contributed by atoms with van der Waals surface area (Å²) in [7, 11) is 0. The number of benzene rings is 3. The predicted octanol–water partition coefficient (Wildman–Crippen LogP) is 3.67. The molecule has 0 spiro atoms. The number of carbonyl (C=O) groups is 6. The summed E-state index contributed by atoms with van der Waals surface area (Å²) in [5, 5.41) is 18.4. The number of hydrogen-bond acceptors (Lipinski definition) is 9. The summed E-state index contributed by atoms with van der Waals surface area (Å²) < 4.78 is 0.